The zero-order valence-corrected chi connectivity index (χ0v) is 7.38. The molecule has 1 nitrogen and oxygen atoms in total. The molecule has 0 saturated heterocycles. The summed E-state index contributed by atoms with van der Waals surface area (Å²) in [7, 11) is 0. The van der Waals surface area contributed by atoms with Crippen LogP contribution in [0.2, 0.25) is 5.02 Å². The van der Waals surface area contributed by atoms with E-state index in [4.69, 9.17) is 16.0 Å². The smallest absolute Gasteiger partial charge is 0.136 e. The summed E-state index contributed by atoms with van der Waals surface area (Å²) in [6, 6.07) is 7.75. The van der Waals surface area contributed by atoms with Gasteiger partial charge in [0.25, 0.3) is 0 Å². The molecule has 0 N–H and O–H groups in total. The molecule has 0 spiro atoms. The maximum Gasteiger partial charge on any atom is 0.136 e. The van der Waals surface area contributed by atoms with E-state index in [9.17, 15) is 4.39 Å². The van der Waals surface area contributed by atoms with Crippen molar-refractivity contribution in [3.63, 3.8) is 0 Å². The summed E-state index contributed by atoms with van der Waals surface area (Å²) in [5.74, 6) is 0.152. The molecule has 1 aromatic carbocycles. The first-order chi connectivity index (χ1) is 6.27. The van der Waals surface area contributed by atoms with Crippen molar-refractivity contribution in [2.24, 2.45) is 0 Å². The first-order valence-electron chi connectivity index (χ1n) is 3.76. The quantitative estimate of drug-likeness (QED) is 0.677. The van der Waals surface area contributed by atoms with Crippen LogP contribution < -0.4 is 0 Å². The predicted molar refractivity (Wildman–Crippen MR) is 49.1 cm³/mol. The molecule has 13 heavy (non-hydrogen) atoms. The van der Waals surface area contributed by atoms with Crippen LogP contribution in [0.5, 0.6) is 0 Å². The molecule has 0 atom stereocenters. The molecule has 0 bridgehead atoms. The number of benzene rings is 1. The van der Waals surface area contributed by atoms with Crippen LogP contribution in [0.4, 0.5) is 4.39 Å². The molecule has 1 aromatic heterocycles. The minimum atomic E-state index is -0.334. The van der Waals surface area contributed by atoms with Gasteiger partial charge in [-0.1, -0.05) is 11.6 Å². The van der Waals surface area contributed by atoms with Gasteiger partial charge in [-0.05, 0) is 30.3 Å². The molecule has 66 valence electrons. The molecular formula is C10H6ClFO. The zero-order valence-electron chi connectivity index (χ0n) is 6.63. The van der Waals surface area contributed by atoms with E-state index in [1.165, 1.54) is 24.5 Å². The average molecular weight is 197 g/mol. The lowest BCUT2D eigenvalue weighted by Gasteiger charge is -1.99. The zero-order chi connectivity index (χ0) is 9.26. The van der Waals surface area contributed by atoms with Crippen LogP contribution in [-0.4, -0.2) is 0 Å². The molecule has 3 heteroatoms. The average Bonchev–Trinajstić information content (AvgIpc) is 2.61. The van der Waals surface area contributed by atoms with Crippen molar-refractivity contribution in [1.82, 2.24) is 0 Å². The molecule has 2 rings (SSSR count). The Morgan fingerprint density at radius 3 is 2.77 bits per heavy atom. The van der Waals surface area contributed by atoms with E-state index in [0.29, 0.717) is 16.3 Å². The van der Waals surface area contributed by atoms with Crippen LogP contribution >= 0.6 is 11.6 Å². The van der Waals surface area contributed by atoms with Crippen molar-refractivity contribution in [2.75, 3.05) is 0 Å². The Bertz CT molecular complexity index is 409. The minimum Gasteiger partial charge on any atom is -0.464 e. The Kier molecular flexibility index (Phi) is 2.07. The van der Waals surface area contributed by atoms with Crippen LogP contribution in [0.25, 0.3) is 11.3 Å². The van der Waals surface area contributed by atoms with E-state index in [0.717, 1.165) is 0 Å². The summed E-state index contributed by atoms with van der Waals surface area (Å²) >= 11 is 5.73. The molecule has 0 unspecified atom stereocenters. The van der Waals surface area contributed by atoms with Gasteiger partial charge in [0.15, 0.2) is 0 Å². The summed E-state index contributed by atoms with van der Waals surface area (Å²) in [4.78, 5) is 0. The summed E-state index contributed by atoms with van der Waals surface area (Å²) in [6.07, 6.45) is 1.50. The van der Waals surface area contributed by atoms with Gasteiger partial charge >= 0.3 is 0 Å². The van der Waals surface area contributed by atoms with Gasteiger partial charge in [0.2, 0.25) is 0 Å². The number of halogens is 2. The fourth-order valence-corrected chi connectivity index (χ4v) is 1.29. The molecule has 0 fully saturated rings. The van der Waals surface area contributed by atoms with E-state index in [1.54, 1.807) is 12.1 Å². The first kappa shape index (κ1) is 8.32. The lowest BCUT2D eigenvalue weighted by atomic mass is 10.1. The third kappa shape index (κ3) is 1.58. The van der Waals surface area contributed by atoms with Crippen molar-refractivity contribution < 1.29 is 8.81 Å². The second-order valence-electron chi connectivity index (χ2n) is 2.60. The van der Waals surface area contributed by atoms with Crippen LogP contribution in [0, 0.1) is 5.82 Å². The number of rotatable bonds is 1. The fourth-order valence-electron chi connectivity index (χ4n) is 1.12. The van der Waals surface area contributed by atoms with Gasteiger partial charge in [-0.2, -0.15) is 0 Å². The van der Waals surface area contributed by atoms with Crippen molar-refractivity contribution in [3.8, 4) is 11.3 Å². The topological polar surface area (TPSA) is 13.1 Å². The largest absolute Gasteiger partial charge is 0.464 e. The van der Waals surface area contributed by atoms with Gasteiger partial charge in [-0.25, -0.2) is 4.39 Å². The standard InChI is InChI=1S/C10H6ClFO/c11-7-3-4-9(12)8(6-7)10-2-1-5-13-10/h1-6H. The molecular weight excluding hydrogens is 191 g/mol. The molecule has 0 radical (unpaired) electrons. The molecule has 0 aliphatic rings. The normalized spacial score (nSPS) is 10.3. The van der Waals surface area contributed by atoms with Gasteiger partial charge in [0.05, 0.1) is 11.8 Å². The van der Waals surface area contributed by atoms with Gasteiger partial charge in [-0.15, -0.1) is 0 Å². The van der Waals surface area contributed by atoms with Gasteiger partial charge in [0.1, 0.15) is 11.6 Å². The fraction of sp³-hybridized carbons (Fsp3) is 0. The summed E-state index contributed by atoms with van der Waals surface area (Å²) < 4.78 is 18.3. The van der Waals surface area contributed by atoms with Gasteiger partial charge in [-0.3, -0.25) is 0 Å². The van der Waals surface area contributed by atoms with E-state index in [2.05, 4.69) is 0 Å². The monoisotopic (exact) mass is 196 g/mol. The summed E-state index contributed by atoms with van der Waals surface area (Å²) in [5.41, 5.74) is 0.387. The van der Waals surface area contributed by atoms with E-state index < -0.39 is 0 Å². The molecule has 0 aliphatic heterocycles. The minimum absolute atomic E-state index is 0.334. The molecule has 0 amide bonds. The highest BCUT2D eigenvalue weighted by atomic mass is 35.5. The maximum absolute atomic E-state index is 13.2. The second-order valence-corrected chi connectivity index (χ2v) is 3.04. The predicted octanol–water partition coefficient (Wildman–Crippen LogP) is 3.74. The summed E-state index contributed by atoms with van der Waals surface area (Å²) in [6.45, 7) is 0. The SMILES string of the molecule is Fc1ccc(Cl)cc1-c1ccco1. The highest BCUT2D eigenvalue weighted by Crippen LogP contribution is 2.25. The van der Waals surface area contributed by atoms with Crippen molar-refractivity contribution in [2.45, 2.75) is 0 Å². The Balaban J connectivity index is 2.57. The van der Waals surface area contributed by atoms with Crippen molar-refractivity contribution in [1.29, 1.82) is 0 Å². The van der Waals surface area contributed by atoms with Crippen LogP contribution in [0.3, 0.4) is 0 Å². The number of hydrogen-bond acceptors (Lipinski definition) is 1. The summed E-state index contributed by atoms with van der Waals surface area (Å²) in [5, 5.41) is 0.493. The second kappa shape index (κ2) is 3.23. The van der Waals surface area contributed by atoms with Crippen LogP contribution in [-0.2, 0) is 0 Å². The molecule has 2 aromatic rings. The van der Waals surface area contributed by atoms with Crippen LogP contribution in [0.1, 0.15) is 0 Å². The third-order valence-electron chi connectivity index (χ3n) is 1.72. The first-order valence-corrected chi connectivity index (χ1v) is 4.14. The lowest BCUT2D eigenvalue weighted by Crippen LogP contribution is -1.81. The van der Waals surface area contributed by atoms with E-state index >= 15 is 0 Å². The molecule has 1 heterocycles. The number of hydrogen-bond donors (Lipinski definition) is 0. The van der Waals surface area contributed by atoms with Crippen molar-refractivity contribution in [3.05, 3.63) is 47.4 Å². The molecule has 0 aliphatic carbocycles. The van der Waals surface area contributed by atoms with Gasteiger partial charge in [0, 0.05) is 5.02 Å². The van der Waals surface area contributed by atoms with E-state index in [-0.39, 0.29) is 5.82 Å². The Hall–Kier alpha value is -1.28. The highest BCUT2D eigenvalue weighted by Gasteiger charge is 2.07. The maximum atomic E-state index is 13.2. The Labute approximate surface area is 79.8 Å². The highest BCUT2D eigenvalue weighted by molar-refractivity contribution is 6.30. The van der Waals surface area contributed by atoms with Crippen molar-refractivity contribution >= 4 is 11.6 Å². The van der Waals surface area contributed by atoms with Gasteiger partial charge < -0.3 is 4.42 Å². The Morgan fingerprint density at radius 1 is 1.23 bits per heavy atom. The molecule has 0 saturated carbocycles. The van der Waals surface area contributed by atoms with E-state index in [1.807, 2.05) is 0 Å². The van der Waals surface area contributed by atoms with Crippen LogP contribution in [0.15, 0.2) is 41.0 Å². The number of furan rings is 1. The lowest BCUT2D eigenvalue weighted by molar-refractivity contribution is 0.569. The Morgan fingerprint density at radius 2 is 2.08 bits per heavy atom. The third-order valence-corrected chi connectivity index (χ3v) is 1.95.